The molecule has 0 radical (unpaired) electrons. The van der Waals surface area contributed by atoms with Crippen molar-refractivity contribution in [3.63, 3.8) is 0 Å². The molecule has 0 saturated carbocycles. The Morgan fingerprint density at radius 3 is 1.20 bits per heavy atom. The summed E-state index contributed by atoms with van der Waals surface area (Å²) in [5.74, 6) is 0. The molecule has 0 bridgehead atoms. The molecule has 2 aromatic carbocycles. The zero-order valence-electron chi connectivity index (χ0n) is 12.1. The number of hydrogen-bond acceptors (Lipinski definition) is 4. The third-order valence-corrected chi connectivity index (χ3v) is 3.46. The van der Waals surface area contributed by atoms with Gasteiger partial charge in [0.15, 0.2) is 0 Å². The van der Waals surface area contributed by atoms with Crippen molar-refractivity contribution in [2.45, 2.75) is 22.1 Å². The van der Waals surface area contributed by atoms with E-state index in [0.717, 1.165) is 24.3 Å². The number of benzene rings is 2. The molecule has 0 aliphatic carbocycles. The summed E-state index contributed by atoms with van der Waals surface area (Å²) < 4.78 is 89.0. The summed E-state index contributed by atoms with van der Waals surface area (Å²) >= 11 is 0.598. The van der Waals surface area contributed by atoms with Gasteiger partial charge in [-0.1, -0.05) is 12.1 Å². The molecule has 0 saturated heterocycles. The maximum Gasteiger partial charge on any atom is 0.416 e. The van der Waals surface area contributed by atoms with Gasteiger partial charge in [0.05, 0.1) is 11.1 Å². The SMILES string of the molecule is OSc1cccc(C(F)(F)F)c1.OSc1cccc(C(F)(F)F)c1.[Zr]. The summed E-state index contributed by atoms with van der Waals surface area (Å²) in [7, 11) is 0. The van der Waals surface area contributed by atoms with Crippen molar-refractivity contribution in [3.8, 4) is 0 Å². The normalized spacial score (nSPS) is 11.2. The second-order valence-corrected chi connectivity index (χ2v) is 5.54. The van der Waals surface area contributed by atoms with Crippen LogP contribution < -0.4 is 0 Å². The van der Waals surface area contributed by atoms with Gasteiger partial charge in [0.2, 0.25) is 0 Å². The van der Waals surface area contributed by atoms with E-state index in [0.29, 0.717) is 24.1 Å². The minimum Gasteiger partial charge on any atom is -0.325 e. The molecule has 25 heavy (non-hydrogen) atoms. The van der Waals surface area contributed by atoms with Gasteiger partial charge in [-0.2, -0.15) is 26.3 Å². The molecule has 2 N–H and O–H groups in total. The standard InChI is InChI=1S/2C7H5F3OS.Zr/c2*8-7(9,10)5-2-1-3-6(4-5)12-11;/h2*1-4,11H;. The van der Waals surface area contributed by atoms with Crippen LogP contribution in [-0.4, -0.2) is 9.11 Å². The van der Waals surface area contributed by atoms with Crippen LogP contribution in [0.2, 0.25) is 0 Å². The van der Waals surface area contributed by atoms with Crippen LogP contribution >= 0.6 is 24.1 Å². The first-order chi connectivity index (χ1) is 11.1. The third-order valence-electron chi connectivity index (χ3n) is 2.53. The zero-order valence-corrected chi connectivity index (χ0v) is 16.2. The van der Waals surface area contributed by atoms with E-state index in [1.807, 2.05) is 0 Å². The average Bonchev–Trinajstić information content (AvgIpc) is 2.54. The number of hydrogen-bond donors (Lipinski definition) is 2. The summed E-state index contributed by atoms with van der Waals surface area (Å²) in [6, 6.07) is 9.01. The monoisotopic (exact) mass is 478 g/mol. The fraction of sp³-hybridized carbons (Fsp3) is 0.143. The van der Waals surface area contributed by atoms with Crippen molar-refractivity contribution < 1.29 is 61.7 Å². The van der Waals surface area contributed by atoms with Gasteiger partial charge in [0, 0.05) is 60.1 Å². The molecule has 0 amide bonds. The smallest absolute Gasteiger partial charge is 0.325 e. The van der Waals surface area contributed by atoms with Crippen molar-refractivity contribution in [2.75, 3.05) is 0 Å². The van der Waals surface area contributed by atoms with Gasteiger partial charge in [-0.25, -0.2) is 0 Å². The molecule has 0 aliphatic heterocycles. The van der Waals surface area contributed by atoms with Crippen molar-refractivity contribution >= 4 is 24.1 Å². The van der Waals surface area contributed by atoms with E-state index in [2.05, 4.69) is 0 Å². The van der Waals surface area contributed by atoms with Gasteiger partial charge in [0.1, 0.15) is 0 Å². The molecule has 0 aliphatic rings. The molecule has 2 nitrogen and oxygen atoms in total. The van der Waals surface area contributed by atoms with E-state index in [1.165, 1.54) is 24.3 Å². The summed E-state index contributed by atoms with van der Waals surface area (Å²) in [5.41, 5.74) is -1.50. The summed E-state index contributed by atoms with van der Waals surface area (Å²) in [4.78, 5) is 0.370. The minimum atomic E-state index is -4.34. The largest absolute Gasteiger partial charge is 0.416 e. The minimum absolute atomic E-state index is 0. The predicted octanol–water partition coefficient (Wildman–Crippen LogP) is 6.54. The zero-order chi connectivity index (χ0) is 18.4. The van der Waals surface area contributed by atoms with E-state index in [9.17, 15) is 26.3 Å². The Kier molecular flexibility index (Phi) is 10.4. The average molecular weight is 480 g/mol. The maximum absolute atomic E-state index is 12.0. The molecule has 136 valence electrons. The summed E-state index contributed by atoms with van der Waals surface area (Å²) in [6.45, 7) is 0. The predicted molar refractivity (Wildman–Crippen MR) is 79.9 cm³/mol. The Hall–Kier alpha value is -0.477. The topological polar surface area (TPSA) is 40.5 Å². The Labute approximate surface area is 167 Å². The molecule has 2 aromatic rings. The van der Waals surface area contributed by atoms with E-state index in [1.54, 1.807) is 0 Å². The molecule has 0 atom stereocenters. The van der Waals surface area contributed by atoms with Crippen LogP contribution in [0.3, 0.4) is 0 Å². The quantitative estimate of drug-likeness (QED) is 0.379. The van der Waals surface area contributed by atoms with Gasteiger partial charge in [-0.3, -0.25) is 0 Å². The second-order valence-electron chi connectivity index (χ2n) is 4.23. The van der Waals surface area contributed by atoms with Gasteiger partial charge in [-0.15, -0.1) is 0 Å². The van der Waals surface area contributed by atoms with E-state index in [4.69, 9.17) is 9.11 Å². The fourth-order valence-corrected chi connectivity index (χ4v) is 2.10. The Morgan fingerprint density at radius 1 is 0.640 bits per heavy atom. The van der Waals surface area contributed by atoms with Crippen molar-refractivity contribution in [2.24, 2.45) is 0 Å². The van der Waals surface area contributed by atoms with Gasteiger partial charge >= 0.3 is 12.4 Å². The van der Waals surface area contributed by atoms with Crippen molar-refractivity contribution in [1.82, 2.24) is 0 Å². The molecule has 0 aromatic heterocycles. The molecule has 0 unspecified atom stereocenters. The van der Waals surface area contributed by atoms with Crippen molar-refractivity contribution in [1.29, 1.82) is 0 Å². The summed E-state index contributed by atoms with van der Waals surface area (Å²) in [6.07, 6.45) is -8.68. The number of rotatable bonds is 2. The molecule has 0 spiro atoms. The Morgan fingerprint density at radius 2 is 0.960 bits per heavy atom. The van der Waals surface area contributed by atoms with Crippen molar-refractivity contribution in [3.05, 3.63) is 59.7 Å². The molecule has 2 rings (SSSR count). The Bertz CT molecular complexity index is 607. The van der Waals surface area contributed by atoms with Crippen LogP contribution in [0.5, 0.6) is 0 Å². The second kappa shape index (κ2) is 10.6. The molecule has 0 heterocycles. The van der Waals surface area contributed by atoms with Crippen LogP contribution in [0.15, 0.2) is 58.3 Å². The van der Waals surface area contributed by atoms with Crippen LogP contribution in [0, 0.1) is 0 Å². The van der Waals surface area contributed by atoms with Gasteiger partial charge < -0.3 is 9.11 Å². The summed E-state index contributed by atoms with van der Waals surface area (Å²) in [5, 5.41) is 0. The number of halogens is 6. The first-order valence-corrected chi connectivity index (χ1v) is 7.60. The van der Waals surface area contributed by atoms with Gasteiger partial charge in [-0.05, 0) is 36.4 Å². The van der Waals surface area contributed by atoms with Gasteiger partial charge in [0.25, 0.3) is 0 Å². The number of alkyl halides is 6. The molecule has 11 heteroatoms. The first kappa shape index (κ1) is 24.5. The maximum atomic E-state index is 12.0. The van der Waals surface area contributed by atoms with Crippen LogP contribution in [0.25, 0.3) is 0 Å². The molecular weight excluding hydrogens is 469 g/mol. The fourth-order valence-electron chi connectivity index (χ4n) is 1.46. The van der Waals surface area contributed by atoms with E-state index < -0.39 is 23.5 Å². The Balaban J connectivity index is 0.000000443. The van der Waals surface area contributed by atoms with E-state index in [-0.39, 0.29) is 36.0 Å². The van der Waals surface area contributed by atoms with Crippen LogP contribution in [-0.2, 0) is 38.6 Å². The van der Waals surface area contributed by atoms with E-state index >= 15 is 0 Å². The van der Waals surface area contributed by atoms with Crippen LogP contribution in [0.4, 0.5) is 26.3 Å². The molecular formula is C14H10F6O2S2Zr. The van der Waals surface area contributed by atoms with Crippen LogP contribution in [0.1, 0.15) is 11.1 Å². The first-order valence-electron chi connectivity index (χ1n) is 6.05. The third kappa shape index (κ3) is 8.64. The molecule has 0 fully saturated rings.